The third-order valence-corrected chi connectivity index (χ3v) is 3.51. The van der Waals surface area contributed by atoms with Crippen molar-refractivity contribution in [3.63, 3.8) is 0 Å². The quantitative estimate of drug-likeness (QED) is 0.923. The number of aromatic amines is 1. The van der Waals surface area contributed by atoms with Crippen LogP contribution in [-0.2, 0) is 11.3 Å². The number of H-pyrrole nitrogens is 1. The topological polar surface area (TPSA) is 41.2 Å². The van der Waals surface area contributed by atoms with E-state index in [1.807, 2.05) is 6.20 Å². The van der Waals surface area contributed by atoms with Crippen LogP contribution < -0.4 is 0 Å². The average molecular weight is 296 g/mol. The van der Waals surface area contributed by atoms with Gasteiger partial charge in [-0.05, 0) is 27.6 Å². The molecule has 0 saturated carbocycles. The Balaban J connectivity index is 1.86. The van der Waals surface area contributed by atoms with Gasteiger partial charge < -0.3 is 9.72 Å². The number of nitrogens with one attached hydrogen (secondary N) is 1. The molecule has 3 rings (SSSR count). The number of pyridine rings is 1. The number of halogens is 1. The molecule has 1 N–H and O–H groups in total. The Morgan fingerprint density at radius 2 is 2.24 bits per heavy atom. The highest BCUT2D eigenvalue weighted by Gasteiger charge is 2.13. The van der Waals surface area contributed by atoms with Crippen molar-refractivity contribution >= 4 is 27.0 Å². The lowest BCUT2D eigenvalue weighted by Crippen LogP contribution is -2.35. The summed E-state index contributed by atoms with van der Waals surface area (Å²) in [4.78, 5) is 9.97. The highest BCUT2D eigenvalue weighted by molar-refractivity contribution is 9.10. The van der Waals surface area contributed by atoms with Crippen molar-refractivity contribution < 1.29 is 4.74 Å². The van der Waals surface area contributed by atoms with Crippen molar-refractivity contribution in [3.05, 3.63) is 28.5 Å². The average Bonchev–Trinajstić information content (AvgIpc) is 2.73. The molecular formula is C12H14BrN3O. The van der Waals surface area contributed by atoms with Crippen LogP contribution in [0.15, 0.2) is 22.9 Å². The SMILES string of the molecule is Brc1cnc2[nH]cc(CN3CCOCC3)c2c1. The predicted molar refractivity (Wildman–Crippen MR) is 69.9 cm³/mol. The Labute approximate surface area is 108 Å². The Morgan fingerprint density at radius 3 is 3.06 bits per heavy atom. The first-order chi connectivity index (χ1) is 8.33. The number of nitrogens with zero attached hydrogens (tertiary/aromatic N) is 2. The number of ether oxygens (including phenoxy) is 1. The van der Waals surface area contributed by atoms with Crippen LogP contribution in [0.1, 0.15) is 5.56 Å². The van der Waals surface area contributed by atoms with Crippen LogP contribution in [0.25, 0.3) is 11.0 Å². The number of aromatic nitrogens is 2. The van der Waals surface area contributed by atoms with Crippen molar-refractivity contribution in [1.29, 1.82) is 0 Å². The van der Waals surface area contributed by atoms with Gasteiger partial charge in [0.25, 0.3) is 0 Å². The fraction of sp³-hybridized carbons (Fsp3) is 0.417. The molecule has 17 heavy (non-hydrogen) atoms. The van der Waals surface area contributed by atoms with Crippen molar-refractivity contribution in [1.82, 2.24) is 14.9 Å². The van der Waals surface area contributed by atoms with Crippen LogP contribution in [0.5, 0.6) is 0 Å². The van der Waals surface area contributed by atoms with E-state index in [1.54, 1.807) is 0 Å². The van der Waals surface area contributed by atoms with Gasteiger partial charge in [0.05, 0.1) is 13.2 Å². The maximum absolute atomic E-state index is 5.36. The van der Waals surface area contributed by atoms with Gasteiger partial charge in [-0.1, -0.05) is 0 Å². The second kappa shape index (κ2) is 4.76. The van der Waals surface area contributed by atoms with Gasteiger partial charge in [0.1, 0.15) is 5.65 Å². The van der Waals surface area contributed by atoms with Gasteiger partial charge in [0.15, 0.2) is 0 Å². The van der Waals surface area contributed by atoms with E-state index in [4.69, 9.17) is 4.74 Å². The lowest BCUT2D eigenvalue weighted by molar-refractivity contribution is 0.0343. The van der Waals surface area contributed by atoms with Crippen LogP contribution in [0.3, 0.4) is 0 Å². The summed E-state index contributed by atoms with van der Waals surface area (Å²) < 4.78 is 6.38. The Morgan fingerprint density at radius 1 is 1.41 bits per heavy atom. The third kappa shape index (κ3) is 2.36. The Kier molecular flexibility index (Phi) is 3.13. The highest BCUT2D eigenvalue weighted by Crippen LogP contribution is 2.22. The van der Waals surface area contributed by atoms with E-state index in [1.165, 1.54) is 10.9 Å². The van der Waals surface area contributed by atoms with E-state index in [9.17, 15) is 0 Å². The zero-order valence-electron chi connectivity index (χ0n) is 9.45. The highest BCUT2D eigenvalue weighted by atomic mass is 79.9. The zero-order chi connectivity index (χ0) is 11.7. The monoisotopic (exact) mass is 295 g/mol. The van der Waals surface area contributed by atoms with Gasteiger partial charge in [0.2, 0.25) is 0 Å². The van der Waals surface area contributed by atoms with Gasteiger partial charge >= 0.3 is 0 Å². The van der Waals surface area contributed by atoms with Gasteiger partial charge in [0, 0.05) is 41.9 Å². The lowest BCUT2D eigenvalue weighted by atomic mass is 10.2. The van der Waals surface area contributed by atoms with E-state index in [0.717, 1.165) is 43.0 Å². The molecule has 1 aliphatic rings. The molecule has 0 unspecified atom stereocenters. The van der Waals surface area contributed by atoms with Crippen LogP contribution in [0.2, 0.25) is 0 Å². The van der Waals surface area contributed by atoms with E-state index in [2.05, 4.69) is 43.1 Å². The number of fused-ring (bicyclic) bond motifs is 1. The standard InChI is InChI=1S/C12H14BrN3O/c13-10-5-11-9(6-14-12(11)15-7-10)8-16-1-3-17-4-2-16/h5-7H,1-4,8H2,(H,14,15). The first-order valence-corrected chi connectivity index (χ1v) is 6.54. The maximum Gasteiger partial charge on any atom is 0.137 e. The minimum atomic E-state index is 0.838. The number of hydrogen-bond donors (Lipinski definition) is 1. The lowest BCUT2D eigenvalue weighted by Gasteiger charge is -2.26. The minimum absolute atomic E-state index is 0.838. The van der Waals surface area contributed by atoms with Crippen LogP contribution in [0, 0.1) is 0 Å². The molecule has 2 aromatic rings. The maximum atomic E-state index is 5.36. The molecule has 0 aromatic carbocycles. The molecule has 0 aliphatic carbocycles. The van der Waals surface area contributed by atoms with Gasteiger partial charge in [-0.2, -0.15) is 0 Å². The van der Waals surface area contributed by atoms with Crippen molar-refractivity contribution in [2.24, 2.45) is 0 Å². The third-order valence-electron chi connectivity index (χ3n) is 3.08. The predicted octanol–water partition coefficient (Wildman–Crippen LogP) is 2.16. The van der Waals surface area contributed by atoms with Crippen LogP contribution in [-0.4, -0.2) is 41.2 Å². The smallest absolute Gasteiger partial charge is 0.137 e. The fourth-order valence-corrected chi connectivity index (χ4v) is 2.49. The van der Waals surface area contributed by atoms with Crippen molar-refractivity contribution in [3.8, 4) is 0 Å². The second-order valence-corrected chi connectivity index (χ2v) is 5.17. The first-order valence-electron chi connectivity index (χ1n) is 5.74. The number of hydrogen-bond acceptors (Lipinski definition) is 3. The molecule has 1 fully saturated rings. The molecule has 3 heterocycles. The molecule has 0 spiro atoms. The summed E-state index contributed by atoms with van der Waals surface area (Å²) in [5.41, 5.74) is 2.26. The van der Waals surface area contributed by atoms with Crippen LogP contribution in [0.4, 0.5) is 0 Å². The molecule has 1 aliphatic heterocycles. The summed E-state index contributed by atoms with van der Waals surface area (Å²) >= 11 is 3.47. The fourth-order valence-electron chi connectivity index (χ4n) is 2.16. The molecule has 0 radical (unpaired) electrons. The largest absolute Gasteiger partial charge is 0.379 e. The van der Waals surface area contributed by atoms with Crippen molar-refractivity contribution in [2.75, 3.05) is 26.3 Å². The van der Waals surface area contributed by atoms with Gasteiger partial charge in [-0.25, -0.2) is 4.98 Å². The van der Waals surface area contributed by atoms with Gasteiger partial charge in [-0.15, -0.1) is 0 Å². The minimum Gasteiger partial charge on any atom is -0.379 e. The normalized spacial score (nSPS) is 17.7. The molecule has 2 aromatic heterocycles. The zero-order valence-corrected chi connectivity index (χ0v) is 11.0. The first kappa shape index (κ1) is 11.2. The van der Waals surface area contributed by atoms with Crippen molar-refractivity contribution in [2.45, 2.75) is 6.54 Å². The van der Waals surface area contributed by atoms with E-state index in [-0.39, 0.29) is 0 Å². The molecular weight excluding hydrogens is 282 g/mol. The molecule has 5 heteroatoms. The van der Waals surface area contributed by atoms with Crippen LogP contribution >= 0.6 is 15.9 Å². The van der Waals surface area contributed by atoms with E-state index in [0.29, 0.717) is 0 Å². The summed E-state index contributed by atoms with van der Waals surface area (Å²) in [6.07, 6.45) is 3.87. The summed E-state index contributed by atoms with van der Waals surface area (Å²) in [7, 11) is 0. The molecule has 0 amide bonds. The van der Waals surface area contributed by atoms with E-state index >= 15 is 0 Å². The summed E-state index contributed by atoms with van der Waals surface area (Å²) in [5, 5.41) is 1.20. The Hall–Kier alpha value is -0.910. The number of morpholine rings is 1. The number of rotatable bonds is 2. The summed E-state index contributed by atoms with van der Waals surface area (Å²) in [6.45, 7) is 4.65. The summed E-state index contributed by atoms with van der Waals surface area (Å²) in [5.74, 6) is 0. The Bertz CT molecular complexity index is 519. The molecule has 1 saturated heterocycles. The van der Waals surface area contributed by atoms with E-state index < -0.39 is 0 Å². The molecule has 0 atom stereocenters. The molecule has 90 valence electrons. The molecule has 0 bridgehead atoms. The summed E-state index contributed by atoms with van der Waals surface area (Å²) in [6, 6.07) is 2.12. The molecule has 4 nitrogen and oxygen atoms in total. The van der Waals surface area contributed by atoms with Gasteiger partial charge in [-0.3, -0.25) is 4.90 Å². The second-order valence-electron chi connectivity index (χ2n) is 4.25.